The molecule has 0 radical (unpaired) electrons. The van der Waals surface area contributed by atoms with Gasteiger partial charge in [-0.3, -0.25) is 4.98 Å². The highest BCUT2D eigenvalue weighted by molar-refractivity contribution is 14.1. The van der Waals surface area contributed by atoms with Gasteiger partial charge >= 0.3 is 0 Å². The van der Waals surface area contributed by atoms with Gasteiger partial charge in [0.05, 0.1) is 5.52 Å². The third-order valence-electron chi connectivity index (χ3n) is 3.33. The van der Waals surface area contributed by atoms with E-state index in [9.17, 15) is 0 Å². The Morgan fingerprint density at radius 2 is 2.24 bits per heavy atom. The number of pyridine rings is 1. The molecule has 88 valence electrons. The fourth-order valence-electron chi connectivity index (χ4n) is 2.61. The monoisotopic (exact) mass is 338 g/mol. The molecule has 0 saturated carbocycles. The van der Waals surface area contributed by atoms with Crippen LogP contribution in [0.15, 0.2) is 18.2 Å². The number of halogens is 1. The summed E-state index contributed by atoms with van der Waals surface area (Å²) >= 11 is 2.37. The summed E-state index contributed by atoms with van der Waals surface area (Å²) in [4.78, 5) is 4.80. The van der Waals surface area contributed by atoms with E-state index in [1.165, 1.54) is 38.7 Å². The number of hydrogen-bond acceptors (Lipinski definition) is 2. The molecule has 1 heterocycles. The molecule has 2 aromatic rings. The normalized spacial score (nSPS) is 14.0. The molecule has 0 spiro atoms. The predicted molar refractivity (Wildman–Crippen MR) is 80.6 cm³/mol. The first-order chi connectivity index (χ1) is 8.29. The van der Waals surface area contributed by atoms with E-state index < -0.39 is 0 Å². The molecule has 0 bridgehead atoms. The summed E-state index contributed by atoms with van der Waals surface area (Å²) in [6.07, 6.45) is 3.55. The topological polar surface area (TPSA) is 24.9 Å². The van der Waals surface area contributed by atoms with Gasteiger partial charge in [-0.25, -0.2) is 0 Å². The molecule has 1 aromatic heterocycles. The van der Waals surface area contributed by atoms with Gasteiger partial charge in [0.15, 0.2) is 0 Å². The number of nitrogens with zero attached hydrogens (tertiary/aromatic N) is 1. The fraction of sp³-hybridized carbons (Fsp3) is 0.357. The maximum atomic E-state index is 4.80. The van der Waals surface area contributed by atoms with Crippen molar-refractivity contribution in [3.8, 4) is 0 Å². The van der Waals surface area contributed by atoms with Crippen molar-refractivity contribution in [1.82, 2.24) is 4.98 Å². The molecule has 3 rings (SSSR count). The number of hydrogen-bond donors (Lipinski definition) is 1. The highest BCUT2D eigenvalue weighted by Crippen LogP contribution is 2.34. The Hall–Kier alpha value is -0.840. The quantitative estimate of drug-likeness (QED) is 0.844. The van der Waals surface area contributed by atoms with Crippen molar-refractivity contribution < 1.29 is 0 Å². The Balaban J connectivity index is 2.32. The minimum atomic E-state index is 0.969. The molecule has 0 aliphatic heterocycles. The number of aromatic nitrogens is 1. The zero-order chi connectivity index (χ0) is 11.8. The molecule has 0 atom stereocenters. The van der Waals surface area contributed by atoms with E-state index in [2.05, 4.69) is 53.0 Å². The summed E-state index contributed by atoms with van der Waals surface area (Å²) < 4.78 is 1.27. The summed E-state index contributed by atoms with van der Waals surface area (Å²) in [7, 11) is 0. The summed E-state index contributed by atoms with van der Waals surface area (Å²) in [5.41, 5.74) is 5.20. The number of aryl methyl sites for hydroxylation is 1. The van der Waals surface area contributed by atoms with Gasteiger partial charge in [0.2, 0.25) is 0 Å². The summed E-state index contributed by atoms with van der Waals surface area (Å²) in [6.45, 7) is 3.12. The maximum absolute atomic E-state index is 4.80. The van der Waals surface area contributed by atoms with Crippen molar-refractivity contribution in [3.05, 3.63) is 33.0 Å². The molecule has 1 aromatic carbocycles. The predicted octanol–water partition coefficient (Wildman–Crippen LogP) is 3.76. The van der Waals surface area contributed by atoms with Crippen LogP contribution in [0, 0.1) is 3.57 Å². The van der Waals surface area contributed by atoms with Crippen LogP contribution in [-0.2, 0) is 12.8 Å². The smallest absolute Gasteiger partial charge is 0.0727 e. The van der Waals surface area contributed by atoms with Gasteiger partial charge < -0.3 is 5.32 Å². The van der Waals surface area contributed by atoms with E-state index in [0.717, 1.165) is 18.5 Å². The van der Waals surface area contributed by atoms with Gasteiger partial charge in [0, 0.05) is 26.9 Å². The molecule has 1 aliphatic carbocycles. The minimum absolute atomic E-state index is 0.969. The SMILES string of the molecule is CCNc1c2c(nc3ccc(I)cc13)CCC2. The van der Waals surface area contributed by atoms with Crippen LogP contribution >= 0.6 is 22.6 Å². The second kappa shape index (κ2) is 4.44. The molecule has 1 aliphatic rings. The van der Waals surface area contributed by atoms with Crippen molar-refractivity contribution in [2.24, 2.45) is 0 Å². The minimum Gasteiger partial charge on any atom is -0.384 e. The maximum Gasteiger partial charge on any atom is 0.0727 e. The van der Waals surface area contributed by atoms with Crippen LogP contribution in [0.1, 0.15) is 24.6 Å². The molecular weight excluding hydrogens is 323 g/mol. The first-order valence-corrected chi connectivity index (χ1v) is 7.22. The highest BCUT2D eigenvalue weighted by atomic mass is 127. The van der Waals surface area contributed by atoms with Crippen LogP contribution in [0.5, 0.6) is 0 Å². The van der Waals surface area contributed by atoms with Crippen molar-refractivity contribution in [2.45, 2.75) is 26.2 Å². The summed E-state index contributed by atoms with van der Waals surface area (Å²) in [5.74, 6) is 0. The Morgan fingerprint density at radius 1 is 1.35 bits per heavy atom. The van der Waals surface area contributed by atoms with Gasteiger partial charge in [-0.05, 0) is 72.5 Å². The van der Waals surface area contributed by atoms with Gasteiger partial charge in [0.1, 0.15) is 0 Å². The molecule has 0 fully saturated rings. The van der Waals surface area contributed by atoms with Crippen LogP contribution in [-0.4, -0.2) is 11.5 Å². The zero-order valence-corrected chi connectivity index (χ0v) is 12.0. The van der Waals surface area contributed by atoms with Crippen LogP contribution < -0.4 is 5.32 Å². The second-order valence-electron chi connectivity index (χ2n) is 4.46. The molecular formula is C14H15IN2. The highest BCUT2D eigenvalue weighted by Gasteiger charge is 2.19. The number of anilines is 1. The third-order valence-corrected chi connectivity index (χ3v) is 4.00. The van der Waals surface area contributed by atoms with Crippen LogP contribution in [0.2, 0.25) is 0 Å². The Labute approximate surface area is 115 Å². The number of rotatable bonds is 2. The lowest BCUT2D eigenvalue weighted by Crippen LogP contribution is -2.03. The van der Waals surface area contributed by atoms with Crippen LogP contribution in [0.4, 0.5) is 5.69 Å². The van der Waals surface area contributed by atoms with Gasteiger partial charge in [-0.15, -0.1) is 0 Å². The fourth-order valence-corrected chi connectivity index (χ4v) is 3.10. The standard InChI is InChI=1S/C14H15IN2/c1-2-16-14-10-4-3-5-12(10)17-13-7-6-9(15)8-11(13)14/h6-8H,2-5H2,1H3,(H,16,17). The first-order valence-electron chi connectivity index (χ1n) is 6.14. The molecule has 0 unspecified atom stereocenters. The lowest BCUT2D eigenvalue weighted by molar-refractivity contribution is 0.901. The summed E-state index contributed by atoms with van der Waals surface area (Å²) in [6, 6.07) is 6.50. The Kier molecular flexibility index (Phi) is 2.94. The molecule has 0 saturated heterocycles. The van der Waals surface area contributed by atoms with Crippen LogP contribution in [0.3, 0.4) is 0 Å². The van der Waals surface area contributed by atoms with Crippen molar-refractivity contribution >= 4 is 39.2 Å². The zero-order valence-electron chi connectivity index (χ0n) is 9.89. The largest absolute Gasteiger partial charge is 0.384 e. The Morgan fingerprint density at radius 3 is 3.06 bits per heavy atom. The van der Waals surface area contributed by atoms with E-state index in [1.54, 1.807) is 0 Å². The second-order valence-corrected chi connectivity index (χ2v) is 5.70. The first kappa shape index (κ1) is 11.3. The van der Waals surface area contributed by atoms with E-state index >= 15 is 0 Å². The average Bonchev–Trinajstić information content (AvgIpc) is 2.77. The average molecular weight is 338 g/mol. The number of nitrogens with one attached hydrogen (secondary N) is 1. The van der Waals surface area contributed by atoms with Crippen molar-refractivity contribution in [1.29, 1.82) is 0 Å². The van der Waals surface area contributed by atoms with E-state index in [-0.39, 0.29) is 0 Å². The van der Waals surface area contributed by atoms with E-state index in [1.807, 2.05) is 0 Å². The molecule has 3 heteroatoms. The van der Waals surface area contributed by atoms with Gasteiger partial charge in [-0.1, -0.05) is 0 Å². The van der Waals surface area contributed by atoms with E-state index in [4.69, 9.17) is 4.98 Å². The molecule has 2 nitrogen and oxygen atoms in total. The molecule has 17 heavy (non-hydrogen) atoms. The molecule has 0 amide bonds. The Bertz CT molecular complexity index is 578. The summed E-state index contributed by atoms with van der Waals surface area (Å²) in [5, 5.41) is 4.81. The lowest BCUT2D eigenvalue weighted by Gasteiger charge is -2.13. The number of fused-ring (bicyclic) bond motifs is 2. The van der Waals surface area contributed by atoms with E-state index in [0.29, 0.717) is 0 Å². The third kappa shape index (κ3) is 1.90. The van der Waals surface area contributed by atoms with Crippen molar-refractivity contribution in [2.75, 3.05) is 11.9 Å². The van der Waals surface area contributed by atoms with Gasteiger partial charge in [-0.2, -0.15) is 0 Å². The van der Waals surface area contributed by atoms with Crippen LogP contribution in [0.25, 0.3) is 10.9 Å². The number of benzene rings is 1. The van der Waals surface area contributed by atoms with Crippen molar-refractivity contribution in [3.63, 3.8) is 0 Å². The van der Waals surface area contributed by atoms with Gasteiger partial charge in [0.25, 0.3) is 0 Å². The lowest BCUT2D eigenvalue weighted by atomic mass is 10.1. The molecule has 1 N–H and O–H groups in total.